The van der Waals surface area contributed by atoms with Gasteiger partial charge in [-0.05, 0) is 18.6 Å². The highest BCUT2D eigenvalue weighted by atomic mass is 35.5. The molecule has 1 aromatic rings. The van der Waals surface area contributed by atoms with Gasteiger partial charge in [-0.3, -0.25) is 4.39 Å². The van der Waals surface area contributed by atoms with Gasteiger partial charge in [0.25, 0.3) is 0 Å². The lowest BCUT2D eigenvalue weighted by Crippen LogP contribution is -2.04. The first-order valence-corrected chi connectivity index (χ1v) is 4.00. The molecule has 1 aromatic heterocycles. The fraction of sp³-hybridized carbons (Fsp3) is 0.429. The van der Waals surface area contributed by atoms with Crippen molar-refractivity contribution >= 4 is 17.4 Å². The predicted octanol–water partition coefficient (Wildman–Crippen LogP) is 1.90. The fourth-order valence-electron chi connectivity index (χ4n) is 0.694. The van der Waals surface area contributed by atoms with Gasteiger partial charge >= 0.3 is 0 Å². The van der Waals surface area contributed by atoms with E-state index in [0.717, 1.165) is 0 Å². The molecule has 0 radical (unpaired) electrons. The Balaban J connectivity index is 2.37. The second kappa shape index (κ2) is 4.87. The number of hydrogen-bond donors (Lipinski definition) is 1. The molecule has 0 saturated heterocycles. The summed E-state index contributed by atoms with van der Waals surface area (Å²) < 4.78 is 11.7. The predicted molar refractivity (Wildman–Crippen MR) is 46.1 cm³/mol. The van der Waals surface area contributed by atoms with E-state index in [1.54, 1.807) is 12.1 Å². The van der Waals surface area contributed by atoms with Crippen molar-refractivity contribution in [2.45, 2.75) is 6.42 Å². The highest BCUT2D eigenvalue weighted by Gasteiger charge is 1.93. The average Bonchev–Trinajstić information content (AvgIpc) is 2.09. The van der Waals surface area contributed by atoms with Crippen molar-refractivity contribution in [3.05, 3.63) is 17.3 Å². The zero-order valence-corrected chi connectivity index (χ0v) is 7.18. The zero-order chi connectivity index (χ0) is 8.81. The van der Waals surface area contributed by atoms with Crippen LogP contribution < -0.4 is 5.32 Å². The summed E-state index contributed by atoms with van der Waals surface area (Å²) in [5, 5.41) is 10.6. The summed E-state index contributed by atoms with van der Waals surface area (Å²) in [5.74, 6) is 0.618. The summed E-state index contributed by atoms with van der Waals surface area (Å²) in [6, 6.07) is 3.33. The van der Waals surface area contributed by atoms with E-state index in [9.17, 15) is 4.39 Å². The molecule has 1 rings (SSSR count). The highest BCUT2D eigenvalue weighted by Crippen LogP contribution is 2.05. The lowest BCUT2D eigenvalue weighted by atomic mass is 10.4. The monoisotopic (exact) mass is 189 g/mol. The molecule has 0 atom stereocenters. The molecule has 1 N–H and O–H groups in total. The van der Waals surface area contributed by atoms with Crippen LogP contribution in [0.2, 0.25) is 5.15 Å². The maximum absolute atomic E-state index is 11.7. The Morgan fingerprint density at radius 3 is 2.83 bits per heavy atom. The van der Waals surface area contributed by atoms with Crippen LogP contribution in [0.25, 0.3) is 0 Å². The van der Waals surface area contributed by atoms with Gasteiger partial charge in [0.15, 0.2) is 5.15 Å². The molecule has 5 heteroatoms. The molecule has 0 aliphatic rings. The van der Waals surface area contributed by atoms with Gasteiger partial charge in [-0.25, -0.2) is 0 Å². The molecule has 0 bridgehead atoms. The van der Waals surface area contributed by atoms with Gasteiger partial charge in [-0.2, -0.15) is 0 Å². The third-order valence-electron chi connectivity index (χ3n) is 1.25. The van der Waals surface area contributed by atoms with Crippen molar-refractivity contribution in [1.82, 2.24) is 10.2 Å². The van der Waals surface area contributed by atoms with Gasteiger partial charge in [-0.1, -0.05) is 11.6 Å². The van der Waals surface area contributed by atoms with Gasteiger partial charge < -0.3 is 5.32 Å². The first-order valence-electron chi connectivity index (χ1n) is 3.62. The van der Waals surface area contributed by atoms with E-state index >= 15 is 0 Å². The number of rotatable bonds is 4. The molecule has 0 spiro atoms. The van der Waals surface area contributed by atoms with Crippen LogP contribution in [0.1, 0.15) is 6.42 Å². The molecular weight excluding hydrogens is 181 g/mol. The van der Waals surface area contributed by atoms with Crippen LogP contribution in [0.3, 0.4) is 0 Å². The summed E-state index contributed by atoms with van der Waals surface area (Å²) >= 11 is 5.51. The first kappa shape index (κ1) is 9.19. The van der Waals surface area contributed by atoms with Gasteiger partial charge in [0.05, 0.1) is 6.67 Å². The average molecular weight is 190 g/mol. The Morgan fingerprint density at radius 1 is 1.42 bits per heavy atom. The van der Waals surface area contributed by atoms with E-state index in [0.29, 0.717) is 23.9 Å². The molecule has 3 nitrogen and oxygen atoms in total. The summed E-state index contributed by atoms with van der Waals surface area (Å²) in [7, 11) is 0. The third kappa shape index (κ3) is 3.00. The van der Waals surface area contributed by atoms with Crippen LogP contribution >= 0.6 is 11.6 Å². The lowest BCUT2D eigenvalue weighted by Gasteiger charge is -2.01. The van der Waals surface area contributed by atoms with Crippen molar-refractivity contribution in [2.24, 2.45) is 0 Å². The van der Waals surface area contributed by atoms with Crippen LogP contribution in [0.5, 0.6) is 0 Å². The van der Waals surface area contributed by atoms with Gasteiger partial charge in [0.1, 0.15) is 5.82 Å². The van der Waals surface area contributed by atoms with Crippen LogP contribution in [0.15, 0.2) is 12.1 Å². The summed E-state index contributed by atoms with van der Waals surface area (Å²) in [5.41, 5.74) is 0. The second-order valence-corrected chi connectivity index (χ2v) is 2.60. The van der Waals surface area contributed by atoms with E-state index in [-0.39, 0.29) is 6.67 Å². The summed E-state index contributed by atoms with van der Waals surface area (Å²) in [6.45, 7) is 0.237. The van der Waals surface area contributed by atoms with Crippen molar-refractivity contribution in [2.75, 3.05) is 18.5 Å². The topological polar surface area (TPSA) is 37.8 Å². The quantitative estimate of drug-likeness (QED) is 0.736. The van der Waals surface area contributed by atoms with Crippen LogP contribution in [0.4, 0.5) is 10.2 Å². The summed E-state index contributed by atoms with van der Waals surface area (Å²) in [4.78, 5) is 0. The Kier molecular flexibility index (Phi) is 3.73. The maximum Gasteiger partial charge on any atom is 0.151 e. The van der Waals surface area contributed by atoms with Gasteiger partial charge in [0, 0.05) is 6.54 Å². The molecular formula is C7H9ClFN3. The number of hydrogen-bond acceptors (Lipinski definition) is 3. The van der Waals surface area contributed by atoms with Crippen LogP contribution in [0, 0.1) is 0 Å². The minimum Gasteiger partial charge on any atom is -0.368 e. The summed E-state index contributed by atoms with van der Waals surface area (Å²) in [6.07, 6.45) is 0.476. The maximum atomic E-state index is 11.7. The van der Waals surface area contributed by atoms with E-state index in [1.807, 2.05) is 0 Å². The molecule has 66 valence electrons. The van der Waals surface area contributed by atoms with Crippen molar-refractivity contribution in [3.8, 4) is 0 Å². The molecule has 0 aliphatic heterocycles. The SMILES string of the molecule is FCCCNc1ccc(Cl)nn1. The van der Waals surface area contributed by atoms with Crippen LogP contribution in [-0.2, 0) is 0 Å². The number of nitrogens with zero attached hydrogens (tertiary/aromatic N) is 2. The molecule has 0 saturated carbocycles. The zero-order valence-electron chi connectivity index (χ0n) is 6.43. The van der Waals surface area contributed by atoms with Gasteiger partial charge in [-0.15, -0.1) is 10.2 Å². The lowest BCUT2D eigenvalue weighted by molar-refractivity contribution is 0.481. The standard InChI is InChI=1S/C7H9ClFN3/c8-6-2-3-7(12-11-6)10-5-1-4-9/h2-3H,1,4-5H2,(H,10,12). The fourth-order valence-corrected chi connectivity index (χ4v) is 0.794. The molecule has 1 heterocycles. The molecule has 12 heavy (non-hydrogen) atoms. The number of aromatic nitrogens is 2. The van der Waals surface area contributed by atoms with Gasteiger partial charge in [0.2, 0.25) is 0 Å². The number of anilines is 1. The van der Waals surface area contributed by atoms with E-state index in [1.165, 1.54) is 0 Å². The van der Waals surface area contributed by atoms with Crippen molar-refractivity contribution in [3.63, 3.8) is 0 Å². The largest absolute Gasteiger partial charge is 0.368 e. The van der Waals surface area contributed by atoms with E-state index < -0.39 is 0 Å². The Labute approximate surface area is 75.0 Å². The molecule has 0 amide bonds. The number of alkyl halides is 1. The molecule has 0 unspecified atom stereocenters. The normalized spacial score (nSPS) is 9.83. The third-order valence-corrected chi connectivity index (χ3v) is 1.45. The second-order valence-electron chi connectivity index (χ2n) is 2.21. The van der Waals surface area contributed by atoms with Crippen molar-refractivity contribution < 1.29 is 4.39 Å². The number of halogens is 2. The minimum absolute atomic E-state index is 0.325. The smallest absolute Gasteiger partial charge is 0.151 e. The Bertz CT molecular complexity index is 227. The Hall–Kier alpha value is -0.900. The van der Waals surface area contributed by atoms with E-state index in [2.05, 4.69) is 15.5 Å². The van der Waals surface area contributed by atoms with Crippen molar-refractivity contribution in [1.29, 1.82) is 0 Å². The number of nitrogens with one attached hydrogen (secondary N) is 1. The Morgan fingerprint density at radius 2 is 2.25 bits per heavy atom. The first-order chi connectivity index (χ1) is 5.83. The molecule has 0 aromatic carbocycles. The van der Waals surface area contributed by atoms with E-state index in [4.69, 9.17) is 11.6 Å². The highest BCUT2D eigenvalue weighted by molar-refractivity contribution is 6.29. The van der Waals surface area contributed by atoms with Crippen LogP contribution in [-0.4, -0.2) is 23.4 Å². The minimum atomic E-state index is -0.325. The molecule has 0 aliphatic carbocycles. The molecule has 0 fully saturated rings.